The van der Waals surface area contributed by atoms with Crippen molar-refractivity contribution < 1.29 is 0 Å². The van der Waals surface area contributed by atoms with E-state index in [1.54, 1.807) is 5.56 Å². The summed E-state index contributed by atoms with van der Waals surface area (Å²) in [4.78, 5) is 0. The van der Waals surface area contributed by atoms with Crippen LogP contribution in [0, 0.1) is 11.8 Å². The van der Waals surface area contributed by atoms with E-state index in [1.165, 1.54) is 31.1 Å². The molecule has 0 bridgehead atoms. The molecule has 0 fully saturated rings. The van der Waals surface area contributed by atoms with Crippen molar-refractivity contribution in [3.63, 3.8) is 0 Å². The summed E-state index contributed by atoms with van der Waals surface area (Å²) in [5.41, 5.74) is 1.56. The van der Waals surface area contributed by atoms with Crippen LogP contribution in [0.5, 0.6) is 0 Å². The Balaban J connectivity index is 2.92. The molecule has 0 aliphatic heterocycles. The highest BCUT2D eigenvalue weighted by Gasteiger charge is 2.37. The van der Waals surface area contributed by atoms with Gasteiger partial charge in [0.05, 0.1) is 24.6 Å². The predicted octanol–water partition coefficient (Wildman–Crippen LogP) is 5.93. The number of benzene rings is 1. The maximum atomic E-state index is 2.40. The Bertz CT molecular complexity index is 330. The van der Waals surface area contributed by atoms with Crippen LogP contribution in [0.15, 0.2) is 30.3 Å². The first kappa shape index (κ1) is 16.7. The maximum Gasteiger partial charge on any atom is 0.0843 e. The standard InChI is InChI=1S/C18H32P/c1-6-12-19(13-16(2)3,14-17(4)5)15-18-10-8-7-9-11-18/h7-11,16-17H,6,12-15H2,1-5H3/q+1. The molecule has 1 aromatic carbocycles. The van der Waals surface area contributed by atoms with Crippen LogP contribution in [-0.4, -0.2) is 18.5 Å². The Hall–Kier alpha value is -0.350. The topological polar surface area (TPSA) is 0 Å². The molecule has 1 heteroatoms. The second kappa shape index (κ2) is 8.05. The lowest BCUT2D eigenvalue weighted by Crippen LogP contribution is -2.17. The molecule has 108 valence electrons. The predicted molar refractivity (Wildman–Crippen MR) is 91.6 cm³/mol. The molecule has 0 aromatic heterocycles. The molecule has 0 radical (unpaired) electrons. The molecule has 0 amide bonds. The molecule has 1 rings (SSSR count). The fourth-order valence-corrected chi connectivity index (χ4v) is 9.42. The van der Waals surface area contributed by atoms with Crippen LogP contribution in [0.3, 0.4) is 0 Å². The minimum absolute atomic E-state index is 0.830. The molecular formula is C18H32P+. The fourth-order valence-electron chi connectivity index (χ4n) is 3.46. The number of hydrogen-bond acceptors (Lipinski definition) is 0. The van der Waals surface area contributed by atoms with E-state index in [9.17, 15) is 0 Å². The Labute approximate surface area is 121 Å². The highest BCUT2D eigenvalue weighted by atomic mass is 31.2. The lowest BCUT2D eigenvalue weighted by Gasteiger charge is -2.31. The van der Waals surface area contributed by atoms with Crippen molar-refractivity contribution in [1.82, 2.24) is 0 Å². The van der Waals surface area contributed by atoms with E-state index in [2.05, 4.69) is 65.0 Å². The summed E-state index contributed by atoms with van der Waals surface area (Å²) in [5, 5.41) is 0. The van der Waals surface area contributed by atoms with Crippen LogP contribution >= 0.6 is 7.26 Å². The largest absolute Gasteiger partial charge is 0.0843 e. The fraction of sp³-hybridized carbons (Fsp3) is 0.667. The molecule has 1 aromatic rings. The van der Waals surface area contributed by atoms with Crippen LogP contribution in [0.1, 0.15) is 46.6 Å². The van der Waals surface area contributed by atoms with Gasteiger partial charge in [-0.2, -0.15) is 0 Å². The summed E-state index contributed by atoms with van der Waals surface area (Å²) in [6.07, 6.45) is 7.11. The van der Waals surface area contributed by atoms with E-state index >= 15 is 0 Å². The van der Waals surface area contributed by atoms with Gasteiger partial charge in [-0.3, -0.25) is 0 Å². The van der Waals surface area contributed by atoms with Crippen molar-refractivity contribution in [3.8, 4) is 0 Å². The van der Waals surface area contributed by atoms with Crippen molar-refractivity contribution in [3.05, 3.63) is 35.9 Å². The van der Waals surface area contributed by atoms with Crippen LogP contribution in [0.2, 0.25) is 0 Å². The van der Waals surface area contributed by atoms with E-state index in [4.69, 9.17) is 0 Å². The van der Waals surface area contributed by atoms with E-state index in [0.29, 0.717) is 0 Å². The van der Waals surface area contributed by atoms with Gasteiger partial charge in [-0.05, 0) is 23.8 Å². The van der Waals surface area contributed by atoms with Crippen LogP contribution in [-0.2, 0) is 6.16 Å². The van der Waals surface area contributed by atoms with Gasteiger partial charge in [-0.1, -0.05) is 65.0 Å². The van der Waals surface area contributed by atoms with E-state index in [1.807, 2.05) is 0 Å². The lowest BCUT2D eigenvalue weighted by molar-refractivity contribution is 0.705. The molecule has 0 saturated heterocycles. The van der Waals surface area contributed by atoms with Crippen molar-refractivity contribution in [2.75, 3.05) is 18.5 Å². The third-order valence-electron chi connectivity index (χ3n) is 3.56. The van der Waals surface area contributed by atoms with Crippen molar-refractivity contribution >= 4 is 7.26 Å². The molecule has 0 spiro atoms. The zero-order valence-corrected chi connectivity index (χ0v) is 14.4. The van der Waals surface area contributed by atoms with Gasteiger partial charge >= 0.3 is 0 Å². The zero-order chi connectivity index (χ0) is 14.3. The highest BCUT2D eigenvalue weighted by Crippen LogP contribution is 2.64. The van der Waals surface area contributed by atoms with Crippen molar-refractivity contribution in [2.45, 2.75) is 47.2 Å². The minimum atomic E-state index is -0.830. The highest BCUT2D eigenvalue weighted by molar-refractivity contribution is 7.75. The van der Waals surface area contributed by atoms with Gasteiger partial charge in [0, 0.05) is 7.26 Å². The average molecular weight is 279 g/mol. The molecule has 0 unspecified atom stereocenters. The first-order valence-electron chi connectivity index (χ1n) is 7.86. The molecule has 0 nitrogen and oxygen atoms in total. The van der Waals surface area contributed by atoms with Gasteiger partial charge < -0.3 is 0 Å². The van der Waals surface area contributed by atoms with Crippen molar-refractivity contribution in [1.29, 1.82) is 0 Å². The number of hydrogen-bond donors (Lipinski definition) is 0. The van der Waals surface area contributed by atoms with E-state index in [-0.39, 0.29) is 0 Å². The second-order valence-electron chi connectivity index (χ2n) is 6.86. The molecule has 0 N–H and O–H groups in total. The summed E-state index contributed by atoms with van der Waals surface area (Å²) >= 11 is 0. The van der Waals surface area contributed by atoms with Gasteiger partial charge in [-0.15, -0.1) is 0 Å². The Morgan fingerprint density at radius 2 is 1.42 bits per heavy atom. The summed E-state index contributed by atoms with van der Waals surface area (Å²) in [6, 6.07) is 11.2. The van der Waals surface area contributed by atoms with Crippen molar-refractivity contribution in [2.24, 2.45) is 11.8 Å². The Morgan fingerprint density at radius 3 is 1.84 bits per heavy atom. The van der Waals surface area contributed by atoms with Gasteiger partial charge in [0.15, 0.2) is 0 Å². The summed E-state index contributed by atoms with van der Waals surface area (Å²) in [5.74, 6) is 1.67. The first-order valence-corrected chi connectivity index (χ1v) is 10.4. The molecule has 0 aliphatic rings. The van der Waals surface area contributed by atoms with Crippen LogP contribution < -0.4 is 0 Å². The third kappa shape index (κ3) is 6.09. The molecule has 0 heterocycles. The van der Waals surface area contributed by atoms with Gasteiger partial charge in [0.2, 0.25) is 0 Å². The summed E-state index contributed by atoms with van der Waals surface area (Å²) in [6.45, 7) is 12.0. The SMILES string of the molecule is CCC[P+](Cc1ccccc1)(CC(C)C)CC(C)C. The lowest BCUT2D eigenvalue weighted by atomic mass is 10.2. The van der Waals surface area contributed by atoms with Crippen LogP contribution in [0.25, 0.3) is 0 Å². The Kier molecular flexibility index (Phi) is 7.08. The Morgan fingerprint density at radius 1 is 0.895 bits per heavy atom. The smallest absolute Gasteiger partial charge is 0.0622 e. The van der Waals surface area contributed by atoms with E-state index in [0.717, 1.165) is 11.8 Å². The maximum absolute atomic E-state index is 2.40. The summed E-state index contributed by atoms with van der Waals surface area (Å²) < 4.78 is 0. The normalized spacial score (nSPS) is 12.4. The van der Waals surface area contributed by atoms with Crippen LogP contribution in [0.4, 0.5) is 0 Å². The molecule has 0 atom stereocenters. The van der Waals surface area contributed by atoms with Gasteiger partial charge in [-0.25, -0.2) is 0 Å². The second-order valence-corrected chi connectivity index (χ2v) is 11.0. The van der Waals surface area contributed by atoms with Gasteiger partial charge in [0.1, 0.15) is 0 Å². The minimum Gasteiger partial charge on any atom is -0.0622 e. The van der Waals surface area contributed by atoms with Gasteiger partial charge in [0.25, 0.3) is 0 Å². The monoisotopic (exact) mass is 279 g/mol. The zero-order valence-electron chi connectivity index (χ0n) is 13.5. The summed E-state index contributed by atoms with van der Waals surface area (Å²) in [7, 11) is -0.830. The molecular weight excluding hydrogens is 247 g/mol. The molecule has 0 saturated carbocycles. The number of rotatable bonds is 8. The average Bonchev–Trinajstić information content (AvgIpc) is 2.28. The quantitative estimate of drug-likeness (QED) is 0.518. The molecule has 19 heavy (non-hydrogen) atoms. The third-order valence-corrected chi connectivity index (χ3v) is 9.01. The molecule has 0 aliphatic carbocycles. The first-order chi connectivity index (χ1) is 8.97. The van der Waals surface area contributed by atoms with E-state index < -0.39 is 7.26 Å².